The molecule has 2 aliphatic rings. The Kier molecular flexibility index (Phi) is 5.66. The van der Waals surface area contributed by atoms with Crippen molar-refractivity contribution in [3.8, 4) is 0 Å². The molecule has 8 nitrogen and oxygen atoms in total. The number of nitrogens with one attached hydrogen (secondary N) is 1. The SMILES string of the molecule is Cn1ncc2c(C(C=O)C3CC4(C3)CN(CCCc3cn[nH]c(=O)c3)C4)ccc(Cl)c2c1=O. The second kappa shape index (κ2) is 8.50. The number of likely N-dealkylation sites (tertiary alicyclic amines) is 1. The molecule has 0 bridgehead atoms. The van der Waals surface area contributed by atoms with Gasteiger partial charge in [0.2, 0.25) is 0 Å². The first kappa shape index (κ1) is 22.0. The van der Waals surface area contributed by atoms with Crippen molar-refractivity contribution in [1.82, 2.24) is 24.9 Å². The normalized spacial score (nSPS) is 18.7. The third kappa shape index (κ3) is 4.02. The summed E-state index contributed by atoms with van der Waals surface area (Å²) in [4.78, 5) is 38.5. The summed E-state index contributed by atoms with van der Waals surface area (Å²) < 4.78 is 1.27. The number of carbonyl (C=O) groups is 1. The van der Waals surface area contributed by atoms with Gasteiger partial charge in [0.15, 0.2) is 0 Å². The van der Waals surface area contributed by atoms with Crippen LogP contribution < -0.4 is 11.1 Å². The second-order valence-corrected chi connectivity index (χ2v) is 10.0. The summed E-state index contributed by atoms with van der Waals surface area (Å²) in [5.74, 6) is 0.00206. The molecule has 5 rings (SSSR count). The van der Waals surface area contributed by atoms with Crippen LogP contribution in [-0.4, -0.2) is 50.8 Å². The number of hydrogen-bond acceptors (Lipinski definition) is 6. The highest BCUT2D eigenvalue weighted by Gasteiger charge is 2.53. The Morgan fingerprint density at radius 3 is 2.79 bits per heavy atom. The predicted molar refractivity (Wildman–Crippen MR) is 126 cm³/mol. The van der Waals surface area contributed by atoms with Crippen molar-refractivity contribution in [3.05, 3.63) is 67.4 Å². The van der Waals surface area contributed by atoms with Crippen LogP contribution in [0.3, 0.4) is 0 Å². The Morgan fingerprint density at radius 1 is 1.27 bits per heavy atom. The van der Waals surface area contributed by atoms with Crippen LogP contribution in [0.4, 0.5) is 0 Å². The number of aldehydes is 1. The minimum Gasteiger partial charge on any atom is -0.303 e. The van der Waals surface area contributed by atoms with Gasteiger partial charge in [0.1, 0.15) is 6.29 Å². The van der Waals surface area contributed by atoms with Crippen molar-refractivity contribution in [2.24, 2.45) is 18.4 Å². The summed E-state index contributed by atoms with van der Waals surface area (Å²) >= 11 is 6.31. The monoisotopic (exact) mass is 467 g/mol. The molecule has 1 aliphatic carbocycles. The van der Waals surface area contributed by atoms with Crippen LogP contribution in [-0.2, 0) is 18.3 Å². The lowest BCUT2D eigenvalue weighted by Gasteiger charge is -2.60. The smallest absolute Gasteiger partial charge is 0.275 e. The molecule has 9 heteroatoms. The van der Waals surface area contributed by atoms with Gasteiger partial charge in [-0.25, -0.2) is 9.78 Å². The standard InChI is InChI=1S/C24H26ClN5O3/c1-29-23(33)22-18(11-27-29)17(4-5-20(22)25)19(12-31)16-8-24(9-16)13-30(14-24)6-2-3-15-7-21(32)28-26-10-15/h4-5,7,10-12,16,19H,2-3,6,8-9,13-14H2,1H3,(H,28,32). The van der Waals surface area contributed by atoms with E-state index in [0.29, 0.717) is 21.2 Å². The quantitative estimate of drug-likeness (QED) is 0.535. The number of fused-ring (bicyclic) bond motifs is 1. The van der Waals surface area contributed by atoms with E-state index >= 15 is 0 Å². The largest absolute Gasteiger partial charge is 0.303 e. The van der Waals surface area contributed by atoms with Gasteiger partial charge in [-0.15, -0.1) is 0 Å². The van der Waals surface area contributed by atoms with Crippen LogP contribution in [0.15, 0.2) is 40.2 Å². The number of aromatic amines is 1. The number of nitrogens with zero attached hydrogens (tertiary/aromatic N) is 4. The number of H-pyrrole nitrogens is 1. The average Bonchev–Trinajstić information content (AvgIpc) is 2.74. The molecule has 1 atom stereocenters. The van der Waals surface area contributed by atoms with E-state index in [1.165, 1.54) is 4.68 Å². The maximum atomic E-state index is 12.6. The lowest BCUT2D eigenvalue weighted by atomic mass is 9.54. The molecule has 1 saturated carbocycles. The van der Waals surface area contributed by atoms with Gasteiger partial charge in [-0.1, -0.05) is 17.7 Å². The summed E-state index contributed by atoms with van der Waals surface area (Å²) in [6, 6.07) is 5.19. The van der Waals surface area contributed by atoms with Crippen LogP contribution in [0.25, 0.3) is 10.8 Å². The first-order valence-corrected chi connectivity index (χ1v) is 11.6. The number of rotatable bonds is 7. The minimum absolute atomic E-state index is 0.162. The Labute approximate surface area is 195 Å². The molecule has 1 N–H and O–H groups in total. The van der Waals surface area contributed by atoms with Gasteiger partial charge in [-0.05, 0) is 60.8 Å². The molecular weight excluding hydrogens is 442 g/mol. The van der Waals surface area contributed by atoms with Crippen LogP contribution in [0.5, 0.6) is 0 Å². The lowest BCUT2D eigenvalue weighted by molar-refractivity contribution is -0.121. The Bertz CT molecular complexity index is 1320. The fourth-order valence-corrected chi connectivity index (χ4v) is 5.98. The Hall–Kier alpha value is -2.84. The van der Waals surface area contributed by atoms with Gasteiger partial charge in [0, 0.05) is 37.5 Å². The number of aryl methyl sites for hydroxylation is 2. The van der Waals surface area contributed by atoms with Crippen molar-refractivity contribution in [2.45, 2.75) is 31.6 Å². The van der Waals surface area contributed by atoms with Gasteiger partial charge in [-0.3, -0.25) is 9.59 Å². The molecule has 0 radical (unpaired) electrons. The predicted octanol–water partition coefficient (Wildman–Crippen LogP) is 2.30. The molecule has 1 aliphatic heterocycles. The highest BCUT2D eigenvalue weighted by atomic mass is 35.5. The van der Waals surface area contributed by atoms with Crippen LogP contribution in [0, 0.1) is 11.3 Å². The molecule has 3 heterocycles. The van der Waals surface area contributed by atoms with E-state index in [9.17, 15) is 14.4 Å². The van der Waals surface area contributed by atoms with Crippen molar-refractivity contribution in [2.75, 3.05) is 19.6 Å². The molecule has 1 aromatic carbocycles. The highest BCUT2D eigenvalue weighted by molar-refractivity contribution is 6.35. The van der Waals surface area contributed by atoms with E-state index in [1.54, 1.807) is 31.6 Å². The fraction of sp³-hybridized carbons (Fsp3) is 0.458. The number of aromatic nitrogens is 4. The van der Waals surface area contributed by atoms with Crippen molar-refractivity contribution in [1.29, 1.82) is 0 Å². The van der Waals surface area contributed by atoms with E-state index in [4.69, 9.17) is 11.6 Å². The molecule has 1 unspecified atom stereocenters. The van der Waals surface area contributed by atoms with Crippen molar-refractivity contribution in [3.63, 3.8) is 0 Å². The molecule has 2 aromatic heterocycles. The first-order valence-electron chi connectivity index (χ1n) is 11.2. The minimum atomic E-state index is -0.262. The number of halogens is 1. The summed E-state index contributed by atoms with van der Waals surface area (Å²) in [5.41, 5.74) is 1.70. The third-order valence-electron chi connectivity index (χ3n) is 7.28. The molecule has 1 saturated heterocycles. The Balaban J connectivity index is 1.20. The molecule has 0 amide bonds. The number of hydrogen-bond donors (Lipinski definition) is 1. The van der Waals surface area contributed by atoms with E-state index < -0.39 is 0 Å². The summed E-state index contributed by atoms with van der Waals surface area (Å²) in [5, 5.41) is 11.9. The molecular formula is C24H26ClN5O3. The molecule has 33 heavy (non-hydrogen) atoms. The van der Waals surface area contributed by atoms with Gasteiger partial charge >= 0.3 is 0 Å². The number of carbonyl (C=O) groups excluding carboxylic acids is 1. The van der Waals surface area contributed by atoms with Gasteiger partial charge in [0.05, 0.1) is 22.8 Å². The molecule has 172 valence electrons. The molecule has 1 spiro atoms. The van der Waals surface area contributed by atoms with Gasteiger partial charge in [0.25, 0.3) is 11.1 Å². The van der Waals surface area contributed by atoms with Crippen LogP contribution in [0.1, 0.15) is 36.3 Å². The van der Waals surface area contributed by atoms with Crippen LogP contribution in [0.2, 0.25) is 5.02 Å². The Morgan fingerprint density at radius 2 is 2.06 bits per heavy atom. The summed E-state index contributed by atoms with van der Waals surface area (Å²) in [7, 11) is 1.59. The summed E-state index contributed by atoms with van der Waals surface area (Å²) in [6.07, 6.45) is 8.21. The van der Waals surface area contributed by atoms with Crippen molar-refractivity contribution < 1.29 is 4.79 Å². The third-order valence-corrected chi connectivity index (χ3v) is 7.59. The second-order valence-electron chi connectivity index (χ2n) is 9.60. The fourth-order valence-electron chi connectivity index (χ4n) is 5.74. The topological polar surface area (TPSA) is 101 Å². The maximum absolute atomic E-state index is 12.6. The van der Waals surface area contributed by atoms with E-state index in [-0.39, 0.29) is 23.0 Å². The van der Waals surface area contributed by atoms with E-state index in [2.05, 4.69) is 20.2 Å². The number of benzene rings is 1. The summed E-state index contributed by atoms with van der Waals surface area (Å²) in [6.45, 7) is 3.09. The zero-order chi connectivity index (χ0) is 23.2. The highest BCUT2D eigenvalue weighted by Crippen LogP contribution is 2.56. The zero-order valence-corrected chi connectivity index (χ0v) is 19.2. The van der Waals surface area contributed by atoms with Gasteiger partial charge < -0.3 is 9.69 Å². The van der Waals surface area contributed by atoms with Gasteiger partial charge in [-0.2, -0.15) is 10.2 Å². The maximum Gasteiger partial charge on any atom is 0.275 e. The van der Waals surface area contributed by atoms with Crippen LogP contribution >= 0.6 is 11.6 Å². The first-order chi connectivity index (χ1) is 15.9. The molecule has 2 fully saturated rings. The van der Waals surface area contributed by atoms with E-state index in [0.717, 1.165) is 62.7 Å². The van der Waals surface area contributed by atoms with Crippen molar-refractivity contribution >= 4 is 28.7 Å². The molecule has 3 aromatic rings. The lowest BCUT2D eigenvalue weighted by Crippen LogP contribution is -2.62. The zero-order valence-electron chi connectivity index (χ0n) is 18.5. The average molecular weight is 468 g/mol. The van der Waals surface area contributed by atoms with E-state index in [1.807, 2.05) is 6.07 Å².